The highest BCUT2D eigenvalue weighted by Gasteiger charge is 2.15. The van der Waals surface area contributed by atoms with Crippen molar-refractivity contribution in [2.75, 3.05) is 5.32 Å². The number of thiocarbonyl (C=S) groups is 1. The number of nitrogens with one attached hydrogen (secondary N) is 3. The Balaban J connectivity index is 1.82. The summed E-state index contributed by atoms with van der Waals surface area (Å²) in [7, 11) is 0. The summed E-state index contributed by atoms with van der Waals surface area (Å²) >= 11 is 5.16. The SMILES string of the molecule is CC(C)(C)OC(=O)NCc1ccc(NC(=S)NC(=O)c2ccccc2)cc1. The topological polar surface area (TPSA) is 79.5 Å². The highest BCUT2D eigenvalue weighted by molar-refractivity contribution is 7.80. The minimum absolute atomic E-state index is 0.212. The molecule has 27 heavy (non-hydrogen) atoms. The third kappa shape index (κ3) is 7.45. The van der Waals surface area contributed by atoms with Gasteiger partial charge in [-0.1, -0.05) is 30.3 Å². The maximum Gasteiger partial charge on any atom is 0.407 e. The number of benzene rings is 2. The van der Waals surface area contributed by atoms with Crippen LogP contribution in [0.3, 0.4) is 0 Å². The molecular formula is C20H23N3O3S. The highest BCUT2D eigenvalue weighted by atomic mass is 32.1. The number of rotatable bonds is 4. The molecule has 2 aromatic carbocycles. The number of hydrogen-bond acceptors (Lipinski definition) is 4. The van der Waals surface area contributed by atoms with Crippen molar-refractivity contribution in [1.29, 1.82) is 0 Å². The van der Waals surface area contributed by atoms with Gasteiger partial charge in [-0.25, -0.2) is 4.79 Å². The van der Waals surface area contributed by atoms with Gasteiger partial charge in [-0.15, -0.1) is 0 Å². The number of hydrogen-bond donors (Lipinski definition) is 3. The van der Waals surface area contributed by atoms with E-state index in [1.165, 1.54) is 0 Å². The van der Waals surface area contributed by atoms with E-state index < -0.39 is 11.7 Å². The van der Waals surface area contributed by atoms with E-state index in [9.17, 15) is 9.59 Å². The largest absolute Gasteiger partial charge is 0.444 e. The first-order chi connectivity index (χ1) is 12.7. The summed E-state index contributed by atoms with van der Waals surface area (Å²) < 4.78 is 5.19. The van der Waals surface area contributed by atoms with Crippen molar-refractivity contribution in [2.24, 2.45) is 0 Å². The Labute approximate surface area is 164 Å². The summed E-state index contributed by atoms with van der Waals surface area (Å²) in [6, 6.07) is 16.2. The molecule has 0 heterocycles. The van der Waals surface area contributed by atoms with Crippen LogP contribution in [0.1, 0.15) is 36.7 Å². The van der Waals surface area contributed by atoms with Gasteiger partial charge in [-0.05, 0) is 62.8 Å². The van der Waals surface area contributed by atoms with Crippen LogP contribution in [-0.2, 0) is 11.3 Å². The fraction of sp³-hybridized carbons (Fsp3) is 0.250. The highest BCUT2D eigenvalue weighted by Crippen LogP contribution is 2.11. The van der Waals surface area contributed by atoms with Crippen molar-refractivity contribution in [3.63, 3.8) is 0 Å². The van der Waals surface area contributed by atoms with Gasteiger partial charge in [0.15, 0.2) is 5.11 Å². The number of anilines is 1. The zero-order valence-electron chi connectivity index (χ0n) is 15.5. The molecule has 2 amide bonds. The van der Waals surface area contributed by atoms with Gasteiger partial charge in [0.1, 0.15) is 5.60 Å². The van der Waals surface area contributed by atoms with Crippen LogP contribution in [0.15, 0.2) is 54.6 Å². The molecule has 0 saturated carbocycles. The molecule has 2 aromatic rings. The maximum absolute atomic E-state index is 12.1. The quantitative estimate of drug-likeness (QED) is 0.697. The third-order valence-corrected chi connectivity index (χ3v) is 3.51. The van der Waals surface area contributed by atoms with Gasteiger partial charge in [0.2, 0.25) is 0 Å². The average molecular weight is 385 g/mol. The Bertz CT molecular complexity index is 799. The standard InChI is InChI=1S/C20H23N3O3S/c1-20(2,3)26-19(25)21-13-14-9-11-16(12-10-14)22-18(27)23-17(24)15-7-5-4-6-8-15/h4-12H,13H2,1-3H3,(H,21,25)(H2,22,23,24,27). The number of carbonyl (C=O) groups excluding carboxylic acids is 2. The third-order valence-electron chi connectivity index (χ3n) is 3.31. The van der Waals surface area contributed by atoms with E-state index in [2.05, 4.69) is 16.0 Å². The lowest BCUT2D eigenvalue weighted by molar-refractivity contribution is 0.0523. The van der Waals surface area contributed by atoms with Crippen molar-refractivity contribution in [3.05, 3.63) is 65.7 Å². The van der Waals surface area contributed by atoms with E-state index in [0.717, 1.165) is 11.3 Å². The molecule has 0 aliphatic heterocycles. The van der Waals surface area contributed by atoms with Crippen LogP contribution < -0.4 is 16.0 Å². The van der Waals surface area contributed by atoms with Gasteiger partial charge in [0.25, 0.3) is 5.91 Å². The first-order valence-corrected chi connectivity index (χ1v) is 8.87. The van der Waals surface area contributed by atoms with E-state index in [1.807, 2.05) is 51.1 Å². The zero-order valence-corrected chi connectivity index (χ0v) is 16.4. The fourth-order valence-electron chi connectivity index (χ4n) is 2.12. The molecule has 0 aliphatic rings. The predicted octanol–water partition coefficient (Wildman–Crippen LogP) is 3.84. The molecule has 142 valence electrons. The second-order valence-electron chi connectivity index (χ2n) is 6.83. The monoisotopic (exact) mass is 385 g/mol. The first kappa shape index (κ1) is 20.4. The second-order valence-corrected chi connectivity index (χ2v) is 7.23. The molecule has 0 unspecified atom stereocenters. The Kier molecular flexibility index (Phi) is 6.90. The van der Waals surface area contributed by atoms with Crippen LogP contribution in [0.4, 0.5) is 10.5 Å². The number of alkyl carbamates (subject to hydrolysis) is 1. The Morgan fingerprint density at radius 3 is 2.22 bits per heavy atom. The predicted molar refractivity (Wildman–Crippen MR) is 110 cm³/mol. The van der Waals surface area contributed by atoms with Crippen molar-refractivity contribution in [3.8, 4) is 0 Å². The molecule has 7 heteroatoms. The molecule has 0 aliphatic carbocycles. The van der Waals surface area contributed by atoms with Gasteiger partial charge >= 0.3 is 6.09 Å². The van der Waals surface area contributed by atoms with E-state index in [4.69, 9.17) is 17.0 Å². The lowest BCUT2D eigenvalue weighted by atomic mass is 10.2. The fourth-order valence-corrected chi connectivity index (χ4v) is 2.33. The maximum atomic E-state index is 12.1. The molecule has 6 nitrogen and oxygen atoms in total. The summed E-state index contributed by atoms with van der Waals surface area (Å²) in [5.41, 5.74) is 1.64. The van der Waals surface area contributed by atoms with Crippen molar-refractivity contribution in [2.45, 2.75) is 32.9 Å². The Hall–Kier alpha value is -2.93. The summed E-state index contributed by atoms with van der Waals surface area (Å²) in [5.74, 6) is -0.272. The van der Waals surface area contributed by atoms with Gasteiger partial charge in [0.05, 0.1) is 0 Å². The molecule has 0 spiro atoms. The van der Waals surface area contributed by atoms with Crippen molar-refractivity contribution < 1.29 is 14.3 Å². The molecule has 0 saturated heterocycles. The summed E-state index contributed by atoms with van der Waals surface area (Å²) in [5, 5.41) is 8.49. The van der Waals surface area contributed by atoms with Crippen LogP contribution >= 0.6 is 12.2 Å². The molecule has 2 rings (SSSR count). The van der Waals surface area contributed by atoms with Crippen LogP contribution in [0.2, 0.25) is 0 Å². The Morgan fingerprint density at radius 1 is 1.00 bits per heavy atom. The second kappa shape index (κ2) is 9.14. The summed E-state index contributed by atoms with van der Waals surface area (Å²) in [4.78, 5) is 23.7. The molecule has 0 radical (unpaired) electrons. The molecule has 0 bridgehead atoms. The number of ether oxygens (including phenoxy) is 1. The molecular weight excluding hydrogens is 362 g/mol. The molecule has 0 atom stereocenters. The smallest absolute Gasteiger partial charge is 0.407 e. The Morgan fingerprint density at radius 2 is 1.63 bits per heavy atom. The molecule has 0 fully saturated rings. The minimum Gasteiger partial charge on any atom is -0.444 e. The van der Waals surface area contributed by atoms with Crippen LogP contribution in [-0.4, -0.2) is 22.7 Å². The van der Waals surface area contributed by atoms with Crippen LogP contribution in [0.5, 0.6) is 0 Å². The van der Waals surface area contributed by atoms with Gasteiger partial charge < -0.3 is 15.4 Å². The van der Waals surface area contributed by atoms with Crippen LogP contribution in [0, 0.1) is 0 Å². The lowest BCUT2D eigenvalue weighted by Gasteiger charge is -2.19. The van der Waals surface area contributed by atoms with Crippen molar-refractivity contribution in [1.82, 2.24) is 10.6 Å². The molecule has 3 N–H and O–H groups in total. The lowest BCUT2D eigenvalue weighted by Crippen LogP contribution is -2.34. The molecule has 0 aromatic heterocycles. The normalized spacial score (nSPS) is 10.6. The number of amides is 2. The van der Waals surface area contributed by atoms with E-state index in [1.54, 1.807) is 24.3 Å². The van der Waals surface area contributed by atoms with E-state index in [-0.39, 0.29) is 11.0 Å². The van der Waals surface area contributed by atoms with Gasteiger partial charge in [-0.3, -0.25) is 10.1 Å². The van der Waals surface area contributed by atoms with Gasteiger partial charge in [0, 0.05) is 17.8 Å². The van der Waals surface area contributed by atoms with E-state index >= 15 is 0 Å². The van der Waals surface area contributed by atoms with Crippen LogP contribution in [0.25, 0.3) is 0 Å². The average Bonchev–Trinajstić information content (AvgIpc) is 2.60. The zero-order chi connectivity index (χ0) is 19.9. The van der Waals surface area contributed by atoms with Crippen molar-refractivity contribution >= 4 is 35.0 Å². The summed E-state index contributed by atoms with van der Waals surface area (Å²) in [6.07, 6.45) is -0.463. The number of carbonyl (C=O) groups is 2. The first-order valence-electron chi connectivity index (χ1n) is 8.46. The minimum atomic E-state index is -0.530. The summed E-state index contributed by atoms with van der Waals surface area (Å²) in [6.45, 7) is 5.79. The van der Waals surface area contributed by atoms with E-state index in [0.29, 0.717) is 12.1 Å². The van der Waals surface area contributed by atoms with Gasteiger partial charge in [-0.2, -0.15) is 0 Å².